The topological polar surface area (TPSA) is 96.7 Å². The first-order valence-corrected chi connectivity index (χ1v) is 3.58. The number of nitrogens with two attached hydrogens (primary N) is 1. The Morgan fingerprint density at radius 2 is 2.67 bits per heavy atom. The van der Waals surface area contributed by atoms with Crippen molar-refractivity contribution in [1.82, 2.24) is 20.5 Å². The van der Waals surface area contributed by atoms with Crippen molar-refractivity contribution in [2.24, 2.45) is 5.73 Å². The SMILES string of the molecule is CC(NC(=O)CN)c1ncn[nH]1. The van der Waals surface area contributed by atoms with Gasteiger partial charge in [0, 0.05) is 0 Å². The van der Waals surface area contributed by atoms with Crippen molar-refractivity contribution in [3.05, 3.63) is 12.2 Å². The molecule has 6 nitrogen and oxygen atoms in total. The molecule has 0 spiro atoms. The monoisotopic (exact) mass is 169 g/mol. The molecule has 0 radical (unpaired) electrons. The zero-order valence-electron chi connectivity index (χ0n) is 6.74. The van der Waals surface area contributed by atoms with E-state index in [-0.39, 0.29) is 18.5 Å². The van der Waals surface area contributed by atoms with Gasteiger partial charge in [0.1, 0.15) is 12.2 Å². The van der Waals surface area contributed by atoms with Crippen LogP contribution in [0, 0.1) is 0 Å². The molecule has 1 rings (SSSR count). The molecule has 6 heteroatoms. The van der Waals surface area contributed by atoms with Gasteiger partial charge >= 0.3 is 0 Å². The Morgan fingerprint density at radius 3 is 3.17 bits per heavy atom. The lowest BCUT2D eigenvalue weighted by molar-refractivity contribution is -0.120. The van der Waals surface area contributed by atoms with Gasteiger partial charge in [-0.1, -0.05) is 0 Å². The third kappa shape index (κ3) is 2.03. The molecule has 1 atom stereocenters. The van der Waals surface area contributed by atoms with Gasteiger partial charge in [0.25, 0.3) is 0 Å². The first-order chi connectivity index (χ1) is 5.74. The highest BCUT2D eigenvalue weighted by molar-refractivity contribution is 5.78. The summed E-state index contributed by atoms with van der Waals surface area (Å²) in [5.74, 6) is 0.413. The Bertz CT molecular complexity index is 244. The molecule has 0 aliphatic carbocycles. The van der Waals surface area contributed by atoms with E-state index in [4.69, 9.17) is 5.73 Å². The average molecular weight is 169 g/mol. The van der Waals surface area contributed by atoms with Crippen molar-refractivity contribution in [2.45, 2.75) is 13.0 Å². The largest absolute Gasteiger partial charge is 0.345 e. The molecule has 12 heavy (non-hydrogen) atoms. The van der Waals surface area contributed by atoms with Crippen molar-refractivity contribution >= 4 is 5.91 Å². The first-order valence-electron chi connectivity index (χ1n) is 3.58. The molecule has 1 unspecified atom stereocenters. The van der Waals surface area contributed by atoms with Crippen LogP contribution >= 0.6 is 0 Å². The summed E-state index contributed by atoms with van der Waals surface area (Å²) >= 11 is 0. The molecule has 0 fully saturated rings. The van der Waals surface area contributed by atoms with Crippen molar-refractivity contribution in [1.29, 1.82) is 0 Å². The van der Waals surface area contributed by atoms with Gasteiger partial charge in [-0.3, -0.25) is 9.89 Å². The fourth-order valence-corrected chi connectivity index (χ4v) is 0.792. The number of aromatic amines is 1. The second kappa shape index (κ2) is 3.82. The lowest BCUT2D eigenvalue weighted by atomic mass is 10.3. The van der Waals surface area contributed by atoms with Crippen LogP contribution in [0.5, 0.6) is 0 Å². The van der Waals surface area contributed by atoms with Crippen molar-refractivity contribution < 1.29 is 4.79 Å². The number of carbonyl (C=O) groups is 1. The molecule has 0 aliphatic rings. The summed E-state index contributed by atoms with van der Waals surface area (Å²) in [6, 6.07) is -0.177. The van der Waals surface area contributed by atoms with Gasteiger partial charge in [-0.15, -0.1) is 0 Å². The van der Waals surface area contributed by atoms with E-state index in [9.17, 15) is 4.79 Å². The predicted molar refractivity (Wildman–Crippen MR) is 42.0 cm³/mol. The number of rotatable bonds is 3. The van der Waals surface area contributed by atoms with Crippen LogP contribution in [0.3, 0.4) is 0 Å². The molecule has 1 amide bonds. The van der Waals surface area contributed by atoms with Crippen LogP contribution in [0.1, 0.15) is 18.8 Å². The Balaban J connectivity index is 2.49. The van der Waals surface area contributed by atoms with Gasteiger partial charge in [0.2, 0.25) is 5.91 Å². The van der Waals surface area contributed by atoms with E-state index in [2.05, 4.69) is 20.5 Å². The van der Waals surface area contributed by atoms with E-state index in [0.29, 0.717) is 5.82 Å². The number of nitrogens with zero attached hydrogens (tertiary/aromatic N) is 2. The van der Waals surface area contributed by atoms with Crippen molar-refractivity contribution in [3.8, 4) is 0 Å². The highest BCUT2D eigenvalue weighted by Crippen LogP contribution is 2.02. The third-order valence-corrected chi connectivity index (χ3v) is 1.41. The second-order valence-corrected chi connectivity index (χ2v) is 2.36. The fourth-order valence-electron chi connectivity index (χ4n) is 0.792. The Kier molecular flexibility index (Phi) is 2.76. The molecule has 66 valence electrons. The van der Waals surface area contributed by atoms with Crippen LogP contribution in [0.2, 0.25) is 0 Å². The molecule has 0 aliphatic heterocycles. The van der Waals surface area contributed by atoms with Crippen LogP contribution in [0.25, 0.3) is 0 Å². The van der Waals surface area contributed by atoms with Gasteiger partial charge in [-0.05, 0) is 6.92 Å². The van der Waals surface area contributed by atoms with Crippen LogP contribution in [0.4, 0.5) is 0 Å². The fraction of sp³-hybridized carbons (Fsp3) is 0.500. The van der Waals surface area contributed by atoms with Gasteiger partial charge < -0.3 is 11.1 Å². The average Bonchev–Trinajstić information content (AvgIpc) is 2.56. The predicted octanol–water partition coefficient (Wildman–Crippen LogP) is -1.06. The summed E-state index contributed by atoms with van der Waals surface area (Å²) in [5.41, 5.74) is 5.12. The van der Waals surface area contributed by atoms with E-state index in [0.717, 1.165) is 0 Å². The van der Waals surface area contributed by atoms with Gasteiger partial charge in [-0.2, -0.15) is 5.10 Å². The van der Waals surface area contributed by atoms with Crippen LogP contribution in [-0.2, 0) is 4.79 Å². The second-order valence-electron chi connectivity index (χ2n) is 2.36. The molecule has 1 aromatic rings. The molecule has 4 N–H and O–H groups in total. The van der Waals surface area contributed by atoms with Gasteiger partial charge in [0.15, 0.2) is 0 Å². The minimum Gasteiger partial charge on any atom is -0.345 e. The Morgan fingerprint density at radius 1 is 1.92 bits per heavy atom. The normalized spacial score (nSPS) is 12.5. The Labute approximate surface area is 69.6 Å². The van der Waals surface area contributed by atoms with E-state index in [1.807, 2.05) is 0 Å². The van der Waals surface area contributed by atoms with Crippen molar-refractivity contribution in [2.75, 3.05) is 6.54 Å². The molecule has 0 aromatic carbocycles. The summed E-state index contributed by atoms with van der Waals surface area (Å²) in [6.07, 6.45) is 1.39. The van der Waals surface area contributed by atoms with E-state index < -0.39 is 0 Å². The van der Waals surface area contributed by atoms with Crippen LogP contribution < -0.4 is 11.1 Å². The maximum atomic E-state index is 10.8. The van der Waals surface area contributed by atoms with E-state index in [1.165, 1.54) is 6.33 Å². The molecular formula is C6H11N5O. The number of nitrogens with one attached hydrogen (secondary N) is 2. The number of amides is 1. The highest BCUT2D eigenvalue weighted by Gasteiger charge is 2.09. The summed E-state index contributed by atoms with van der Waals surface area (Å²) in [7, 11) is 0. The minimum absolute atomic E-state index is 0.0154. The molecule has 1 heterocycles. The van der Waals surface area contributed by atoms with E-state index in [1.54, 1.807) is 6.92 Å². The summed E-state index contributed by atoms with van der Waals surface area (Å²) in [6.45, 7) is 1.78. The molecule has 0 saturated heterocycles. The lowest BCUT2D eigenvalue weighted by Crippen LogP contribution is -2.32. The molecule has 1 aromatic heterocycles. The van der Waals surface area contributed by atoms with Crippen LogP contribution in [-0.4, -0.2) is 27.6 Å². The third-order valence-electron chi connectivity index (χ3n) is 1.41. The molecule has 0 saturated carbocycles. The number of carbonyl (C=O) groups excluding carboxylic acids is 1. The minimum atomic E-state index is -0.209. The van der Waals surface area contributed by atoms with Gasteiger partial charge in [-0.25, -0.2) is 4.98 Å². The maximum absolute atomic E-state index is 10.8. The molecular weight excluding hydrogens is 158 g/mol. The zero-order valence-corrected chi connectivity index (χ0v) is 6.74. The highest BCUT2D eigenvalue weighted by atomic mass is 16.1. The number of hydrogen-bond donors (Lipinski definition) is 3. The molecule has 0 bridgehead atoms. The van der Waals surface area contributed by atoms with Crippen LogP contribution in [0.15, 0.2) is 6.33 Å². The summed E-state index contributed by atoms with van der Waals surface area (Å²) < 4.78 is 0. The smallest absolute Gasteiger partial charge is 0.234 e. The Hall–Kier alpha value is -1.43. The standard InChI is InChI=1S/C6H11N5O/c1-4(10-5(12)2-7)6-8-3-9-11-6/h3-4H,2,7H2,1H3,(H,10,12)(H,8,9,11). The summed E-state index contributed by atoms with van der Waals surface area (Å²) in [5, 5.41) is 8.94. The van der Waals surface area contributed by atoms with Gasteiger partial charge in [0.05, 0.1) is 12.6 Å². The first kappa shape index (κ1) is 8.66. The lowest BCUT2D eigenvalue weighted by Gasteiger charge is -2.08. The quantitative estimate of drug-likeness (QED) is 0.537. The zero-order chi connectivity index (χ0) is 8.97. The number of hydrogen-bond acceptors (Lipinski definition) is 4. The summed E-state index contributed by atoms with van der Waals surface area (Å²) in [4.78, 5) is 14.7. The maximum Gasteiger partial charge on any atom is 0.234 e. The van der Waals surface area contributed by atoms with Crippen molar-refractivity contribution in [3.63, 3.8) is 0 Å². The van der Waals surface area contributed by atoms with E-state index >= 15 is 0 Å². The number of aromatic nitrogens is 3. The number of H-pyrrole nitrogens is 1.